The Morgan fingerprint density at radius 1 is 1.11 bits per heavy atom. The first-order valence-corrected chi connectivity index (χ1v) is 8.97. The summed E-state index contributed by atoms with van der Waals surface area (Å²) in [4.78, 5) is 17.8. The van der Waals surface area contributed by atoms with Crippen LogP contribution < -0.4 is 5.32 Å². The number of halogens is 1. The Morgan fingerprint density at radius 2 is 1.96 bits per heavy atom. The molecule has 0 saturated heterocycles. The van der Waals surface area contributed by atoms with E-state index >= 15 is 0 Å². The second kappa shape index (κ2) is 7.25. The van der Waals surface area contributed by atoms with Crippen molar-refractivity contribution >= 4 is 28.4 Å². The molecule has 0 aliphatic rings. The van der Waals surface area contributed by atoms with Crippen molar-refractivity contribution in [1.29, 1.82) is 0 Å². The second-order valence-corrected chi connectivity index (χ2v) is 6.69. The Balaban J connectivity index is 1.82. The molecule has 0 unspecified atom stereocenters. The Kier molecular flexibility index (Phi) is 4.65. The van der Waals surface area contributed by atoms with E-state index in [2.05, 4.69) is 5.32 Å². The van der Waals surface area contributed by atoms with Gasteiger partial charge in [0.05, 0.1) is 29.6 Å². The van der Waals surface area contributed by atoms with E-state index in [0.717, 1.165) is 27.7 Å². The minimum atomic E-state index is -0.161. The van der Waals surface area contributed by atoms with Crippen LogP contribution in [0.15, 0.2) is 71.3 Å². The summed E-state index contributed by atoms with van der Waals surface area (Å²) in [6.07, 6.45) is 1.59. The Labute approximate surface area is 161 Å². The van der Waals surface area contributed by atoms with Crippen LogP contribution in [0.5, 0.6) is 0 Å². The molecule has 5 heteroatoms. The molecule has 27 heavy (non-hydrogen) atoms. The number of benzene rings is 2. The van der Waals surface area contributed by atoms with Gasteiger partial charge >= 0.3 is 0 Å². The molecule has 4 aromatic rings. The molecule has 134 valence electrons. The van der Waals surface area contributed by atoms with E-state index in [4.69, 9.17) is 21.0 Å². The number of nitrogens with zero attached hydrogens (tertiary/aromatic N) is 1. The van der Waals surface area contributed by atoms with E-state index in [1.54, 1.807) is 12.3 Å². The van der Waals surface area contributed by atoms with Crippen LogP contribution in [-0.2, 0) is 6.54 Å². The number of pyridine rings is 1. The van der Waals surface area contributed by atoms with Crippen molar-refractivity contribution in [2.75, 3.05) is 0 Å². The molecular formula is C22H17ClN2O2. The van der Waals surface area contributed by atoms with Gasteiger partial charge in [-0.1, -0.05) is 41.9 Å². The molecule has 0 radical (unpaired) electrons. The first-order valence-electron chi connectivity index (χ1n) is 8.59. The van der Waals surface area contributed by atoms with Gasteiger partial charge < -0.3 is 9.73 Å². The monoisotopic (exact) mass is 376 g/mol. The van der Waals surface area contributed by atoms with Crippen molar-refractivity contribution in [3.05, 3.63) is 88.8 Å². The van der Waals surface area contributed by atoms with Crippen LogP contribution in [0.3, 0.4) is 0 Å². The summed E-state index contributed by atoms with van der Waals surface area (Å²) in [6, 6.07) is 18.8. The summed E-state index contributed by atoms with van der Waals surface area (Å²) >= 11 is 6.16. The van der Waals surface area contributed by atoms with Crippen molar-refractivity contribution in [1.82, 2.24) is 10.3 Å². The fraction of sp³-hybridized carbons (Fsp3) is 0.0909. The minimum absolute atomic E-state index is 0.161. The molecule has 0 saturated carbocycles. The van der Waals surface area contributed by atoms with E-state index in [9.17, 15) is 4.79 Å². The Hall–Kier alpha value is -3.11. The predicted molar refractivity (Wildman–Crippen MR) is 107 cm³/mol. The van der Waals surface area contributed by atoms with Crippen LogP contribution in [0.4, 0.5) is 0 Å². The summed E-state index contributed by atoms with van der Waals surface area (Å²) in [5, 5.41) is 4.39. The third-order valence-electron chi connectivity index (χ3n) is 4.46. The van der Waals surface area contributed by atoms with Crippen LogP contribution in [0.25, 0.3) is 22.2 Å². The molecule has 0 spiro atoms. The molecule has 2 heterocycles. The highest BCUT2D eigenvalue weighted by atomic mass is 35.5. The maximum Gasteiger partial charge on any atom is 0.252 e. The van der Waals surface area contributed by atoms with Gasteiger partial charge in [-0.05, 0) is 42.8 Å². The van der Waals surface area contributed by atoms with Gasteiger partial charge in [-0.3, -0.25) is 4.79 Å². The van der Waals surface area contributed by atoms with Crippen molar-refractivity contribution in [3.63, 3.8) is 0 Å². The third-order valence-corrected chi connectivity index (χ3v) is 4.70. The highest BCUT2D eigenvalue weighted by Crippen LogP contribution is 2.30. The topological polar surface area (TPSA) is 55.1 Å². The number of carbonyl (C=O) groups is 1. The highest BCUT2D eigenvalue weighted by molar-refractivity contribution is 6.30. The lowest BCUT2D eigenvalue weighted by Crippen LogP contribution is -2.24. The van der Waals surface area contributed by atoms with E-state index in [1.165, 1.54) is 0 Å². The number of carbonyl (C=O) groups excluding carboxylic acids is 1. The van der Waals surface area contributed by atoms with Crippen molar-refractivity contribution < 1.29 is 9.21 Å². The SMILES string of the molecule is Cc1c(-c2cccc(Cl)c2)nc2ccccc2c1C(=O)NCc1ccco1. The molecule has 0 bridgehead atoms. The highest BCUT2D eigenvalue weighted by Gasteiger charge is 2.19. The number of rotatable bonds is 4. The molecule has 0 aliphatic carbocycles. The standard InChI is InChI=1S/C22H17ClN2O2/c1-14-20(22(26)24-13-17-8-5-11-27-17)18-9-2-3-10-19(18)25-21(14)15-6-4-7-16(23)12-15/h2-12H,13H2,1H3,(H,24,26). The van der Waals surface area contributed by atoms with Gasteiger partial charge in [0.25, 0.3) is 5.91 Å². The van der Waals surface area contributed by atoms with E-state index in [0.29, 0.717) is 22.9 Å². The van der Waals surface area contributed by atoms with Crippen LogP contribution >= 0.6 is 11.6 Å². The van der Waals surface area contributed by atoms with Crippen LogP contribution in [0, 0.1) is 6.92 Å². The normalized spacial score (nSPS) is 10.9. The summed E-state index contributed by atoms with van der Waals surface area (Å²) in [7, 11) is 0. The average molecular weight is 377 g/mol. The summed E-state index contributed by atoms with van der Waals surface area (Å²) in [5.74, 6) is 0.542. The lowest BCUT2D eigenvalue weighted by Gasteiger charge is -2.14. The van der Waals surface area contributed by atoms with Gasteiger partial charge in [-0.2, -0.15) is 0 Å². The van der Waals surface area contributed by atoms with Gasteiger partial charge in [0, 0.05) is 16.0 Å². The van der Waals surface area contributed by atoms with Gasteiger partial charge in [0.1, 0.15) is 5.76 Å². The number of furan rings is 1. The molecule has 0 atom stereocenters. The zero-order valence-electron chi connectivity index (χ0n) is 14.7. The molecule has 0 aliphatic heterocycles. The summed E-state index contributed by atoms with van der Waals surface area (Å²) in [6.45, 7) is 2.24. The van der Waals surface area contributed by atoms with Crippen LogP contribution in [0.1, 0.15) is 21.7 Å². The first-order chi connectivity index (χ1) is 13.1. The summed E-state index contributed by atoms with van der Waals surface area (Å²) < 4.78 is 5.30. The molecule has 0 fully saturated rings. The molecule has 1 N–H and O–H groups in total. The average Bonchev–Trinajstić information content (AvgIpc) is 3.19. The molecular weight excluding hydrogens is 360 g/mol. The first kappa shape index (κ1) is 17.3. The Morgan fingerprint density at radius 3 is 2.74 bits per heavy atom. The minimum Gasteiger partial charge on any atom is -0.467 e. The van der Waals surface area contributed by atoms with E-state index < -0.39 is 0 Å². The fourth-order valence-electron chi connectivity index (χ4n) is 3.19. The van der Waals surface area contributed by atoms with Crippen molar-refractivity contribution in [3.8, 4) is 11.3 Å². The number of hydrogen-bond donors (Lipinski definition) is 1. The second-order valence-electron chi connectivity index (χ2n) is 6.25. The number of hydrogen-bond acceptors (Lipinski definition) is 3. The third kappa shape index (κ3) is 3.44. The van der Waals surface area contributed by atoms with Gasteiger partial charge in [0.2, 0.25) is 0 Å². The molecule has 4 nitrogen and oxygen atoms in total. The van der Waals surface area contributed by atoms with E-state index in [1.807, 2.05) is 61.5 Å². The number of para-hydroxylation sites is 1. The number of amides is 1. The quantitative estimate of drug-likeness (QED) is 0.519. The van der Waals surface area contributed by atoms with Crippen LogP contribution in [-0.4, -0.2) is 10.9 Å². The lowest BCUT2D eigenvalue weighted by molar-refractivity contribution is 0.0949. The number of nitrogens with one attached hydrogen (secondary N) is 1. The maximum atomic E-state index is 13.0. The van der Waals surface area contributed by atoms with Crippen LogP contribution in [0.2, 0.25) is 5.02 Å². The number of aromatic nitrogens is 1. The lowest BCUT2D eigenvalue weighted by atomic mass is 9.97. The van der Waals surface area contributed by atoms with Gasteiger partial charge in [0.15, 0.2) is 0 Å². The van der Waals surface area contributed by atoms with Crippen molar-refractivity contribution in [2.24, 2.45) is 0 Å². The maximum absolute atomic E-state index is 13.0. The van der Waals surface area contributed by atoms with Crippen molar-refractivity contribution in [2.45, 2.75) is 13.5 Å². The van der Waals surface area contributed by atoms with E-state index in [-0.39, 0.29) is 5.91 Å². The van der Waals surface area contributed by atoms with Gasteiger partial charge in [-0.25, -0.2) is 4.98 Å². The fourth-order valence-corrected chi connectivity index (χ4v) is 3.38. The molecule has 4 rings (SSSR count). The molecule has 2 aromatic heterocycles. The zero-order chi connectivity index (χ0) is 18.8. The predicted octanol–water partition coefficient (Wildman–Crippen LogP) is 5.39. The largest absolute Gasteiger partial charge is 0.467 e. The molecule has 1 amide bonds. The smallest absolute Gasteiger partial charge is 0.252 e. The summed E-state index contributed by atoms with van der Waals surface area (Å²) in [5.41, 5.74) is 3.82. The molecule has 2 aromatic carbocycles. The van der Waals surface area contributed by atoms with Gasteiger partial charge in [-0.15, -0.1) is 0 Å². The Bertz CT molecular complexity index is 1120. The number of fused-ring (bicyclic) bond motifs is 1. The zero-order valence-corrected chi connectivity index (χ0v) is 15.5.